The molecule has 0 unspecified atom stereocenters. The number of para-hydroxylation sites is 1. The molecule has 6 heteroatoms. The molecule has 0 aliphatic carbocycles. The molecule has 22 heavy (non-hydrogen) atoms. The molecule has 0 aromatic heterocycles. The molecule has 1 aliphatic heterocycles. The molecule has 1 atom stereocenters. The van der Waals surface area contributed by atoms with Crippen molar-refractivity contribution >= 4 is 18.9 Å². The Bertz CT molecular complexity index is 557. The first-order valence-corrected chi connectivity index (χ1v) is 7.72. The second-order valence-corrected chi connectivity index (χ2v) is 5.48. The zero-order valence-corrected chi connectivity index (χ0v) is 13.0. The lowest BCUT2D eigenvalue weighted by atomic mass is 9.64. The van der Waals surface area contributed by atoms with Crippen molar-refractivity contribution in [3.63, 3.8) is 0 Å². The smallest absolute Gasteiger partial charge is 0.526 e. The summed E-state index contributed by atoms with van der Waals surface area (Å²) in [6.45, 7) is 3.96. The van der Waals surface area contributed by atoms with E-state index in [2.05, 4.69) is 0 Å². The van der Waals surface area contributed by atoms with E-state index in [1.54, 1.807) is 19.1 Å². The van der Waals surface area contributed by atoms with Gasteiger partial charge in [-0.05, 0) is 31.4 Å². The highest BCUT2D eigenvalue weighted by Crippen LogP contribution is 2.36. The topological polar surface area (TPSA) is 72.8 Å². The van der Waals surface area contributed by atoms with Crippen molar-refractivity contribution in [1.29, 1.82) is 0 Å². The normalized spacial score (nSPS) is 16.7. The van der Waals surface area contributed by atoms with Gasteiger partial charge in [-0.3, -0.25) is 4.79 Å². The summed E-state index contributed by atoms with van der Waals surface area (Å²) in [5, 5.41) is 10.1. The third kappa shape index (κ3) is 3.68. The second kappa shape index (κ2) is 7.45. The molecule has 118 valence electrons. The van der Waals surface area contributed by atoms with E-state index in [9.17, 15) is 14.6 Å². The summed E-state index contributed by atoms with van der Waals surface area (Å²) in [7, 11) is -1.08. The highest BCUT2D eigenvalue weighted by atomic mass is 16.5. The maximum atomic E-state index is 11.9. The minimum absolute atomic E-state index is 0.125. The predicted molar refractivity (Wildman–Crippen MR) is 83.0 cm³/mol. The van der Waals surface area contributed by atoms with Crippen molar-refractivity contribution in [3.8, 4) is 5.75 Å². The van der Waals surface area contributed by atoms with Crippen molar-refractivity contribution < 1.29 is 24.0 Å². The highest BCUT2D eigenvalue weighted by Gasteiger charge is 2.37. The van der Waals surface area contributed by atoms with Crippen molar-refractivity contribution in [2.75, 3.05) is 6.61 Å². The standard InChI is InChI=1S/C16H21BO5/c1-3-6-13(18)10-12-9-11-7-5-8-14(16(19)21-4-2)15(11)22-17(12)20/h5,7-8,12,20H,3-4,6,9-10H2,1-2H3/t12-/m1/s1. The van der Waals surface area contributed by atoms with Crippen LogP contribution in [0, 0.1) is 0 Å². The summed E-state index contributed by atoms with van der Waals surface area (Å²) in [5.41, 5.74) is 1.14. The number of hydrogen-bond acceptors (Lipinski definition) is 5. The van der Waals surface area contributed by atoms with Crippen LogP contribution in [0.5, 0.6) is 5.75 Å². The van der Waals surface area contributed by atoms with Crippen LogP contribution in [0.2, 0.25) is 5.82 Å². The van der Waals surface area contributed by atoms with E-state index in [-0.39, 0.29) is 24.6 Å². The Kier molecular flexibility index (Phi) is 5.60. The van der Waals surface area contributed by atoms with Gasteiger partial charge in [0.15, 0.2) is 0 Å². The van der Waals surface area contributed by atoms with Gasteiger partial charge in [0.05, 0.1) is 6.61 Å². The monoisotopic (exact) mass is 304 g/mol. The van der Waals surface area contributed by atoms with Gasteiger partial charge in [0.25, 0.3) is 0 Å². The van der Waals surface area contributed by atoms with E-state index in [1.165, 1.54) is 0 Å². The Labute approximate surface area is 130 Å². The number of ketones is 1. The second-order valence-electron chi connectivity index (χ2n) is 5.48. The molecule has 0 saturated heterocycles. The number of esters is 1. The van der Waals surface area contributed by atoms with E-state index in [4.69, 9.17) is 9.39 Å². The van der Waals surface area contributed by atoms with E-state index in [0.717, 1.165) is 12.0 Å². The highest BCUT2D eigenvalue weighted by molar-refractivity contribution is 6.47. The van der Waals surface area contributed by atoms with E-state index < -0.39 is 13.1 Å². The van der Waals surface area contributed by atoms with Gasteiger partial charge >= 0.3 is 13.1 Å². The van der Waals surface area contributed by atoms with Crippen LogP contribution in [-0.4, -0.2) is 30.5 Å². The Morgan fingerprint density at radius 2 is 2.18 bits per heavy atom. The fraction of sp³-hybridized carbons (Fsp3) is 0.500. The number of Topliss-reactive ketones (excluding diaryl/α,β-unsaturated/α-hetero) is 1. The molecule has 1 N–H and O–H groups in total. The zero-order chi connectivity index (χ0) is 16.1. The summed E-state index contributed by atoms with van der Waals surface area (Å²) >= 11 is 0. The van der Waals surface area contributed by atoms with Gasteiger partial charge in [-0.25, -0.2) is 4.79 Å². The van der Waals surface area contributed by atoms with Gasteiger partial charge in [-0.15, -0.1) is 0 Å². The summed E-state index contributed by atoms with van der Waals surface area (Å²) in [6.07, 6.45) is 2.11. The predicted octanol–water partition coefficient (Wildman–Crippen LogP) is 2.41. The average molecular weight is 304 g/mol. The fourth-order valence-electron chi connectivity index (χ4n) is 2.70. The molecule has 0 saturated carbocycles. The first kappa shape index (κ1) is 16.6. The lowest BCUT2D eigenvalue weighted by Gasteiger charge is -2.28. The molecular formula is C16H21BO5. The van der Waals surface area contributed by atoms with Gasteiger partial charge in [0, 0.05) is 18.7 Å². The quantitative estimate of drug-likeness (QED) is 0.645. The first-order valence-electron chi connectivity index (χ1n) is 7.72. The number of carbonyl (C=O) groups is 2. The molecule has 0 radical (unpaired) electrons. The first-order chi connectivity index (χ1) is 10.6. The van der Waals surface area contributed by atoms with Crippen molar-refractivity contribution in [2.24, 2.45) is 0 Å². The zero-order valence-electron chi connectivity index (χ0n) is 13.0. The lowest BCUT2D eigenvalue weighted by molar-refractivity contribution is -0.119. The largest absolute Gasteiger partial charge is 0.535 e. The van der Waals surface area contributed by atoms with Crippen LogP contribution in [0.1, 0.15) is 49.0 Å². The molecule has 0 amide bonds. The molecule has 5 nitrogen and oxygen atoms in total. The number of hydrogen-bond donors (Lipinski definition) is 1. The van der Waals surface area contributed by atoms with Gasteiger partial charge in [0.1, 0.15) is 17.1 Å². The summed E-state index contributed by atoms with van der Waals surface area (Å²) in [5.74, 6) is -0.246. The van der Waals surface area contributed by atoms with Crippen LogP contribution in [-0.2, 0) is 16.0 Å². The van der Waals surface area contributed by atoms with Crippen LogP contribution in [0.3, 0.4) is 0 Å². The third-order valence-electron chi connectivity index (χ3n) is 3.73. The number of rotatable bonds is 6. The SMILES string of the molecule is CCCC(=O)C[C@H]1Cc2cccc(C(=O)OCC)c2OB1O. The number of fused-ring (bicyclic) bond motifs is 1. The molecule has 2 rings (SSSR count). The maximum Gasteiger partial charge on any atom is 0.526 e. The summed E-state index contributed by atoms with van der Waals surface area (Å²) < 4.78 is 10.5. The number of ether oxygens (including phenoxy) is 1. The summed E-state index contributed by atoms with van der Waals surface area (Å²) in [4.78, 5) is 23.7. The molecule has 0 spiro atoms. The van der Waals surface area contributed by atoms with Crippen LogP contribution < -0.4 is 4.65 Å². The minimum atomic E-state index is -1.08. The Morgan fingerprint density at radius 3 is 2.86 bits per heavy atom. The van der Waals surface area contributed by atoms with Crippen molar-refractivity contribution in [3.05, 3.63) is 29.3 Å². The van der Waals surface area contributed by atoms with E-state index in [0.29, 0.717) is 24.2 Å². The molecule has 0 fully saturated rings. The van der Waals surface area contributed by atoms with Gasteiger partial charge in [0.2, 0.25) is 0 Å². The lowest BCUT2D eigenvalue weighted by Crippen LogP contribution is -2.35. The maximum absolute atomic E-state index is 11.9. The molecular weight excluding hydrogens is 283 g/mol. The van der Waals surface area contributed by atoms with Crippen LogP contribution in [0.15, 0.2) is 18.2 Å². The molecule has 1 aromatic carbocycles. The molecule has 1 aromatic rings. The Hall–Kier alpha value is -1.82. The van der Waals surface area contributed by atoms with Gasteiger partial charge in [-0.1, -0.05) is 19.1 Å². The molecule has 1 aliphatic rings. The van der Waals surface area contributed by atoms with E-state index in [1.807, 2.05) is 13.0 Å². The summed E-state index contributed by atoms with van der Waals surface area (Å²) in [6, 6.07) is 5.23. The van der Waals surface area contributed by atoms with Crippen LogP contribution >= 0.6 is 0 Å². The van der Waals surface area contributed by atoms with Crippen LogP contribution in [0.4, 0.5) is 0 Å². The minimum Gasteiger partial charge on any atom is -0.535 e. The van der Waals surface area contributed by atoms with Crippen molar-refractivity contribution in [1.82, 2.24) is 0 Å². The number of carbonyl (C=O) groups excluding carboxylic acids is 2. The Morgan fingerprint density at radius 1 is 1.41 bits per heavy atom. The van der Waals surface area contributed by atoms with Crippen LogP contribution in [0.25, 0.3) is 0 Å². The van der Waals surface area contributed by atoms with E-state index >= 15 is 0 Å². The molecule has 1 heterocycles. The average Bonchev–Trinajstić information content (AvgIpc) is 2.48. The third-order valence-corrected chi connectivity index (χ3v) is 3.73. The fourth-order valence-corrected chi connectivity index (χ4v) is 2.70. The van der Waals surface area contributed by atoms with Gasteiger partial charge < -0.3 is 14.4 Å². The molecule has 0 bridgehead atoms. The van der Waals surface area contributed by atoms with Gasteiger partial charge in [-0.2, -0.15) is 0 Å². The Balaban J connectivity index is 2.18. The number of benzene rings is 1. The van der Waals surface area contributed by atoms with Crippen molar-refractivity contribution in [2.45, 2.75) is 45.3 Å².